The van der Waals surface area contributed by atoms with Crippen LogP contribution in [0.2, 0.25) is 0 Å². The molecule has 0 unspecified atom stereocenters. The van der Waals surface area contributed by atoms with Gasteiger partial charge in [-0.25, -0.2) is 0 Å². The van der Waals surface area contributed by atoms with E-state index in [1.165, 1.54) is 42.1 Å². The van der Waals surface area contributed by atoms with Gasteiger partial charge < -0.3 is 9.32 Å². The van der Waals surface area contributed by atoms with Crippen molar-refractivity contribution in [2.75, 3.05) is 4.90 Å². The molecule has 0 bridgehead atoms. The number of hydrogen-bond acceptors (Lipinski definition) is 3. The van der Waals surface area contributed by atoms with Gasteiger partial charge in [-0.2, -0.15) is 0 Å². The van der Waals surface area contributed by atoms with E-state index in [1.807, 2.05) is 11.3 Å². The van der Waals surface area contributed by atoms with Crippen LogP contribution in [0.15, 0.2) is 205 Å². The quantitative estimate of drug-likeness (QED) is 0.170. The molecule has 11 rings (SSSR count). The van der Waals surface area contributed by atoms with Gasteiger partial charge in [0, 0.05) is 47.9 Å². The largest absolute Gasteiger partial charge is 0.453 e. The Hall–Kier alpha value is -6.94. The molecule has 0 aliphatic heterocycles. The molecule has 0 fully saturated rings. The van der Waals surface area contributed by atoms with Crippen LogP contribution in [0.5, 0.6) is 0 Å². The van der Waals surface area contributed by atoms with Crippen LogP contribution in [0.25, 0.3) is 86.3 Å². The van der Waals surface area contributed by atoms with Crippen molar-refractivity contribution in [1.29, 1.82) is 0 Å². The van der Waals surface area contributed by atoms with Gasteiger partial charge in [-0.05, 0) is 81.1 Å². The summed E-state index contributed by atoms with van der Waals surface area (Å²) >= 11 is 1.84. The van der Waals surface area contributed by atoms with Gasteiger partial charge in [0.15, 0.2) is 5.58 Å². The molecule has 3 heteroatoms. The second-order valence-electron chi connectivity index (χ2n) is 14.0. The molecule has 2 heterocycles. The van der Waals surface area contributed by atoms with Gasteiger partial charge in [0.2, 0.25) is 0 Å². The fraction of sp³-hybridized carbons (Fsp3) is 0. The Kier molecular flexibility index (Phi) is 7.39. The Morgan fingerprint density at radius 2 is 0.964 bits per heavy atom. The first-order chi connectivity index (χ1) is 27.3. The number of furan rings is 1. The molecule has 0 spiro atoms. The first-order valence-corrected chi connectivity index (χ1v) is 19.5. The number of fused-ring (bicyclic) bond motifs is 7. The molecular formula is C52H33NOS. The molecule has 2 aromatic heterocycles. The molecule has 9 aromatic carbocycles. The Labute approximate surface area is 322 Å². The predicted molar refractivity (Wildman–Crippen MR) is 235 cm³/mol. The number of rotatable bonds is 6. The SMILES string of the molecule is c1ccc(-c2ccc(-c3ccccc3)c3c2oc2c(N(c4ccc(-c5cccc6ccccc56)cc4)c4ccc5c(c4)sc4ccccc45)cccc23)cc1. The van der Waals surface area contributed by atoms with Crippen LogP contribution < -0.4 is 4.90 Å². The molecule has 0 amide bonds. The maximum Gasteiger partial charge on any atom is 0.159 e. The topological polar surface area (TPSA) is 16.4 Å². The molecule has 258 valence electrons. The number of nitrogens with zero attached hydrogens (tertiary/aromatic N) is 1. The van der Waals surface area contributed by atoms with Crippen molar-refractivity contribution in [2.45, 2.75) is 0 Å². The van der Waals surface area contributed by atoms with E-state index >= 15 is 0 Å². The van der Waals surface area contributed by atoms with Gasteiger partial charge >= 0.3 is 0 Å². The Bertz CT molecular complexity index is 3190. The van der Waals surface area contributed by atoms with Gasteiger partial charge in [-0.3, -0.25) is 0 Å². The van der Waals surface area contributed by atoms with Gasteiger partial charge in [-0.15, -0.1) is 11.3 Å². The lowest BCUT2D eigenvalue weighted by molar-refractivity contribution is 0.670. The number of thiophene rings is 1. The summed E-state index contributed by atoms with van der Waals surface area (Å²) < 4.78 is 9.74. The minimum Gasteiger partial charge on any atom is -0.453 e. The number of anilines is 3. The summed E-state index contributed by atoms with van der Waals surface area (Å²) in [5, 5.41) is 7.27. The van der Waals surface area contributed by atoms with Crippen molar-refractivity contribution >= 4 is 81.3 Å². The second-order valence-corrected chi connectivity index (χ2v) is 15.1. The zero-order valence-electron chi connectivity index (χ0n) is 29.8. The maximum atomic E-state index is 7.19. The van der Waals surface area contributed by atoms with Crippen LogP contribution in [0.1, 0.15) is 0 Å². The summed E-state index contributed by atoms with van der Waals surface area (Å²) in [7, 11) is 0. The first-order valence-electron chi connectivity index (χ1n) is 18.7. The standard InChI is InChI=1S/C52H33NOS/c1-3-13-35(14-4-1)42-31-32-43(36-15-5-2-6-16-36)52-50(42)46-22-12-23-47(51(46)54-52)53(39-29-30-45-44-20-9-10-24-48(44)55-49(45)33-39)38-27-25-37(26-28-38)41-21-11-18-34-17-7-8-19-40(34)41/h1-33H. The Morgan fingerprint density at radius 3 is 1.78 bits per heavy atom. The van der Waals surface area contributed by atoms with Crippen molar-refractivity contribution in [2.24, 2.45) is 0 Å². The van der Waals surface area contributed by atoms with E-state index in [1.54, 1.807) is 0 Å². The van der Waals surface area contributed by atoms with Crippen molar-refractivity contribution in [3.8, 4) is 33.4 Å². The van der Waals surface area contributed by atoms with E-state index < -0.39 is 0 Å². The van der Waals surface area contributed by atoms with E-state index in [0.717, 1.165) is 61.3 Å². The zero-order chi connectivity index (χ0) is 36.3. The van der Waals surface area contributed by atoms with Crippen LogP contribution >= 0.6 is 11.3 Å². The highest BCUT2D eigenvalue weighted by Gasteiger charge is 2.23. The number of para-hydroxylation sites is 1. The lowest BCUT2D eigenvalue weighted by Crippen LogP contribution is -2.10. The van der Waals surface area contributed by atoms with Crippen LogP contribution in [-0.4, -0.2) is 0 Å². The van der Waals surface area contributed by atoms with Crippen LogP contribution in [-0.2, 0) is 0 Å². The van der Waals surface area contributed by atoms with Gasteiger partial charge in [-0.1, -0.05) is 158 Å². The fourth-order valence-corrected chi connectivity index (χ4v) is 9.45. The smallest absolute Gasteiger partial charge is 0.159 e. The molecular weight excluding hydrogens is 687 g/mol. The average molecular weight is 720 g/mol. The molecule has 2 nitrogen and oxygen atoms in total. The van der Waals surface area contributed by atoms with Crippen LogP contribution in [0.3, 0.4) is 0 Å². The summed E-state index contributed by atoms with van der Waals surface area (Å²) in [4.78, 5) is 2.37. The lowest BCUT2D eigenvalue weighted by atomic mass is 9.94. The van der Waals surface area contributed by atoms with E-state index in [9.17, 15) is 0 Å². The molecule has 0 radical (unpaired) electrons. The Morgan fingerprint density at radius 1 is 0.364 bits per heavy atom. The summed E-state index contributed by atoms with van der Waals surface area (Å²) in [5.41, 5.74) is 11.8. The van der Waals surface area contributed by atoms with E-state index in [-0.39, 0.29) is 0 Å². The Balaban J connectivity index is 1.16. The molecule has 0 atom stereocenters. The van der Waals surface area contributed by atoms with Crippen molar-refractivity contribution in [3.63, 3.8) is 0 Å². The van der Waals surface area contributed by atoms with Crippen molar-refractivity contribution in [1.82, 2.24) is 0 Å². The maximum absolute atomic E-state index is 7.19. The van der Waals surface area contributed by atoms with Crippen LogP contribution in [0.4, 0.5) is 17.1 Å². The van der Waals surface area contributed by atoms with E-state index in [0.29, 0.717) is 0 Å². The molecule has 0 N–H and O–H groups in total. The minimum atomic E-state index is 0.854. The third-order valence-corrected chi connectivity index (χ3v) is 12.0. The zero-order valence-corrected chi connectivity index (χ0v) is 30.6. The minimum absolute atomic E-state index is 0.854. The molecule has 0 saturated heterocycles. The lowest BCUT2D eigenvalue weighted by Gasteiger charge is -2.26. The second kappa shape index (κ2) is 12.9. The monoisotopic (exact) mass is 719 g/mol. The third-order valence-electron chi connectivity index (χ3n) is 10.9. The third kappa shape index (κ3) is 5.24. The van der Waals surface area contributed by atoms with Gasteiger partial charge in [0.1, 0.15) is 5.58 Å². The highest BCUT2D eigenvalue weighted by Crippen LogP contribution is 2.48. The summed E-state index contributed by atoms with van der Waals surface area (Å²) in [6.45, 7) is 0. The van der Waals surface area contributed by atoms with Crippen molar-refractivity contribution in [3.05, 3.63) is 200 Å². The molecule has 0 aliphatic carbocycles. The number of benzene rings is 9. The number of hydrogen-bond donors (Lipinski definition) is 0. The normalized spacial score (nSPS) is 11.6. The summed E-state index contributed by atoms with van der Waals surface area (Å²) in [6, 6.07) is 72.0. The van der Waals surface area contributed by atoms with Crippen LogP contribution in [0, 0.1) is 0 Å². The molecule has 0 saturated carbocycles. The van der Waals surface area contributed by atoms with E-state index in [2.05, 4.69) is 205 Å². The van der Waals surface area contributed by atoms with Gasteiger partial charge in [0.05, 0.1) is 5.69 Å². The summed E-state index contributed by atoms with van der Waals surface area (Å²) in [6.07, 6.45) is 0. The van der Waals surface area contributed by atoms with Gasteiger partial charge in [0.25, 0.3) is 0 Å². The predicted octanol–water partition coefficient (Wildman–Crippen LogP) is 15.6. The first kappa shape index (κ1) is 31.6. The highest BCUT2D eigenvalue weighted by atomic mass is 32.1. The molecule has 0 aliphatic rings. The van der Waals surface area contributed by atoms with E-state index in [4.69, 9.17) is 4.42 Å². The average Bonchev–Trinajstić information content (AvgIpc) is 3.83. The highest BCUT2D eigenvalue weighted by molar-refractivity contribution is 7.25. The fourth-order valence-electron chi connectivity index (χ4n) is 8.31. The summed E-state index contributed by atoms with van der Waals surface area (Å²) in [5.74, 6) is 0. The molecule has 55 heavy (non-hydrogen) atoms. The molecule has 11 aromatic rings. The van der Waals surface area contributed by atoms with Crippen molar-refractivity contribution < 1.29 is 4.42 Å².